The van der Waals surface area contributed by atoms with Gasteiger partial charge in [-0.05, 0) is 19.3 Å². The van der Waals surface area contributed by atoms with E-state index in [4.69, 9.17) is 5.11 Å². The molecule has 4 heteroatoms. The predicted octanol–water partition coefficient (Wildman–Crippen LogP) is -0.0307. The molecule has 2 N–H and O–H groups in total. The van der Waals surface area contributed by atoms with Crippen LogP contribution >= 0.6 is 0 Å². The van der Waals surface area contributed by atoms with E-state index >= 15 is 0 Å². The molecule has 0 bridgehead atoms. The van der Waals surface area contributed by atoms with Gasteiger partial charge in [0.15, 0.2) is 0 Å². The molecule has 0 aliphatic heterocycles. The molecule has 0 aromatic rings. The minimum absolute atomic E-state index is 0.0761. The van der Waals surface area contributed by atoms with E-state index in [1.807, 2.05) is 6.92 Å². The van der Waals surface area contributed by atoms with Gasteiger partial charge in [0.1, 0.15) is 0 Å². The highest BCUT2D eigenvalue weighted by atomic mass is 16.3. The maximum Gasteiger partial charge on any atom is 0.234 e. The fourth-order valence-electron chi connectivity index (χ4n) is 1.46. The van der Waals surface area contributed by atoms with Gasteiger partial charge in [0, 0.05) is 19.1 Å². The summed E-state index contributed by atoms with van der Waals surface area (Å²) in [7, 11) is 0. The molecular weight excluding hydrogens is 180 g/mol. The lowest BCUT2D eigenvalue weighted by molar-refractivity contribution is -0.122. The van der Waals surface area contributed by atoms with Gasteiger partial charge in [-0.1, -0.05) is 6.92 Å². The van der Waals surface area contributed by atoms with Crippen molar-refractivity contribution in [3.8, 4) is 0 Å². The summed E-state index contributed by atoms with van der Waals surface area (Å²) in [5, 5.41) is 11.7. The summed E-state index contributed by atoms with van der Waals surface area (Å²) in [6, 6.07) is 0.537. The van der Waals surface area contributed by atoms with Crippen LogP contribution in [0.25, 0.3) is 0 Å². The first kappa shape index (κ1) is 11.5. The van der Waals surface area contributed by atoms with Crippen molar-refractivity contribution in [1.29, 1.82) is 0 Å². The zero-order chi connectivity index (χ0) is 10.4. The first-order valence-electron chi connectivity index (χ1n) is 5.39. The standard InChI is InChI=1S/C10H20N2O2/c1-2-5-11-10(14)8-12(6-7-13)9-3-4-9/h9,13H,2-8H2,1H3,(H,11,14). The lowest BCUT2D eigenvalue weighted by Gasteiger charge is -2.19. The van der Waals surface area contributed by atoms with E-state index in [2.05, 4.69) is 10.2 Å². The smallest absolute Gasteiger partial charge is 0.234 e. The number of amides is 1. The first-order valence-corrected chi connectivity index (χ1v) is 5.39. The number of hydrogen-bond acceptors (Lipinski definition) is 3. The Balaban J connectivity index is 2.20. The van der Waals surface area contributed by atoms with Crippen LogP contribution in [0.2, 0.25) is 0 Å². The van der Waals surface area contributed by atoms with Crippen LogP contribution in [0.5, 0.6) is 0 Å². The third-order valence-corrected chi connectivity index (χ3v) is 2.37. The lowest BCUT2D eigenvalue weighted by atomic mass is 10.4. The van der Waals surface area contributed by atoms with Crippen molar-refractivity contribution in [2.45, 2.75) is 32.2 Å². The molecule has 0 aromatic heterocycles. The second-order valence-electron chi connectivity index (χ2n) is 3.78. The first-order chi connectivity index (χ1) is 6.77. The molecule has 14 heavy (non-hydrogen) atoms. The number of aliphatic hydroxyl groups is 1. The third-order valence-electron chi connectivity index (χ3n) is 2.37. The summed E-state index contributed by atoms with van der Waals surface area (Å²) in [6.45, 7) is 3.97. The number of carbonyl (C=O) groups excluding carboxylic acids is 1. The van der Waals surface area contributed by atoms with Gasteiger partial charge in [0.2, 0.25) is 5.91 Å². The quantitative estimate of drug-likeness (QED) is 0.607. The molecule has 0 spiro atoms. The Morgan fingerprint density at radius 3 is 2.79 bits per heavy atom. The molecule has 0 unspecified atom stereocenters. The average molecular weight is 200 g/mol. The van der Waals surface area contributed by atoms with Gasteiger partial charge < -0.3 is 10.4 Å². The minimum atomic E-state index is 0.0761. The fraction of sp³-hybridized carbons (Fsp3) is 0.900. The second kappa shape index (κ2) is 5.98. The molecule has 0 saturated heterocycles. The summed E-state index contributed by atoms with van der Waals surface area (Å²) in [5.74, 6) is 0.0761. The van der Waals surface area contributed by atoms with E-state index in [0.29, 0.717) is 19.1 Å². The maximum absolute atomic E-state index is 11.4. The van der Waals surface area contributed by atoms with Gasteiger partial charge in [0.25, 0.3) is 0 Å². The van der Waals surface area contributed by atoms with Crippen LogP contribution in [-0.2, 0) is 4.79 Å². The van der Waals surface area contributed by atoms with Crippen molar-refractivity contribution >= 4 is 5.91 Å². The second-order valence-corrected chi connectivity index (χ2v) is 3.78. The van der Waals surface area contributed by atoms with Crippen molar-refractivity contribution < 1.29 is 9.90 Å². The topological polar surface area (TPSA) is 52.6 Å². The molecule has 1 rings (SSSR count). The van der Waals surface area contributed by atoms with E-state index in [1.54, 1.807) is 0 Å². The Kier molecular flexibility index (Phi) is 4.90. The SMILES string of the molecule is CCCNC(=O)CN(CCO)C1CC1. The summed E-state index contributed by atoms with van der Waals surface area (Å²) >= 11 is 0. The van der Waals surface area contributed by atoms with Gasteiger partial charge in [0.05, 0.1) is 13.2 Å². The number of rotatable bonds is 7. The Bertz CT molecular complexity index is 181. The molecule has 0 aromatic carbocycles. The molecule has 4 nitrogen and oxygen atoms in total. The van der Waals surface area contributed by atoms with Crippen molar-refractivity contribution in [1.82, 2.24) is 10.2 Å². The van der Waals surface area contributed by atoms with E-state index in [9.17, 15) is 4.79 Å². The Labute approximate surface area is 85.3 Å². The highest BCUT2D eigenvalue weighted by Crippen LogP contribution is 2.25. The van der Waals surface area contributed by atoms with Crippen molar-refractivity contribution in [3.63, 3.8) is 0 Å². The minimum Gasteiger partial charge on any atom is -0.395 e. The van der Waals surface area contributed by atoms with E-state index in [0.717, 1.165) is 13.0 Å². The van der Waals surface area contributed by atoms with Crippen LogP contribution in [0.4, 0.5) is 0 Å². The zero-order valence-corrected chi connectivity index (χ0v) is 8.83. The average Bonchev–Trinajstić information content (AvgIpc) is 2.97. The zero-order valence-electron chi connectivity index (χ0n) is 8.83. The molecule has 1 saturated carbocycles. The van der Waals surface area contributed by atoms with Crippen LogP contribution in [0.15, 0.2) is 0 Å². The van der Waals surface area contributed by atoms with Crippen LogP contribution in [-0.4, -0.2) is 48.2 Å². The lowest BCUT2D eigenvalue weighted by Crippen LogP contribution is -2.40. The summed E-state index contributed by atoms with van der Waals surface area (Å²) in [4.78, 5) is 13.4. The number of nitrogens with one attached hydrogen (secondary N) is 1. The van der Waals surface area contributed by atoms with Crippen LogP contribution in [0, 0.1) is 0 Å². The Morgan fingerprint density at radius 2 is 2.29 bits per heavy atom. The fourth-order valence-corrected chi connectivity index (χ4v) is 1.46. The number of carbonyl (C=O) groups is 1. The molecule has 0 heterocycles. The van der Waals surface area contributed by atoms with Crippen molar-refractivity contribution in [2.75, 3.05) is 26.2 Å². The molecular formula is C10H20N2O2. The molecule has 1 amide bonds. The molecule has 0 atom stereocenters. The molecule has 1 aliphatic carbocycles. The van der Waals surface area contributed by atoms with Gasteiger partial charge >= 0.3 is 0 Å². The van der Waals surface area contributed by atoms with Crippen LogP contribution in [0.1, 0.15) is 26.2 Å². The van der Waals surface area contributed by atoms with Crippen molar-refractivity contribution in [3.05, 3.63) is 0 Å². The van der Waals surface area contributed by atoms with Crippen LogP contribution < -0.4 is 5.32 Å². The highest BCUT2D eigenvalue weighted by molar-refractivity contribution is 5.78. The molecule has 1 fully saturated rings. The van der Waals surface area contributed by atoms with E-state index in [1.165, 1.54) is 12.8 Å². The van der Waals surface area contributed by atoms with E-state index < -0.39 is 0 Å². The monoisotopic (exact) mass is 200 g/mol. The molecule has 0 radical (unpaired) electrons. The maximum atomic E-state index is 11.4. The summed E-state index contributed by atoms with van der Waals surface area (Å²) in [5.41, 5.74) is 0. The normalized spacial score (nSPS) is 15.9. The Morgan fingerprint density at radius 1 is 1.57 bits per heavy atom. The van der Waals surface area contributed by atoms with Gasteiger partial charge in [-0.2, -0.15) is 0 Å². The summed E-state index contributed by atoms with van der Waals surface area (Å²) < 4.78 is 0. The van der Waals surface area contributed by atoms with E-state index in [-0.39, 0.29) is 12.5 Å². The predicted molar refractivity (Wildman–Crippen MR) is 55.0 cm³/mol. The number of hydrogen-bond donors (Lipinski definition) is 2. The van der Waals surface area contributed by atoms with Gasteiger partial charge in [-0.15, -0.1) is 0 Å². The third kappa shape index (κ3) is 4.07. The Hall–Kier alpha value is -0.610. The highest BCUT2D eigenvalue weighted by Gasteiger charge is 2.29. The van der Waals surface area contributed by atoms with Gasteiger partial charge in [-0.25, -0.2) is 0 Å². The van der Waals surface area contributed by atoms with Crippen molar-refractivity contribution in [2.24, 2.45) is 0 Å². The number of aliphatic hydroxyl groups excluding tert-OH is 1. The summed E-state index contributed by atoms with van der Waals surface area (Å²) in [6.07, 6.45) is 3.30. The largest absolute Gasteiger partial charge is 0.395 e. The number of nitrogens with zero attached hydrogens (tertiary/aromatic N) is 1. The van der Waals surface area contributed by atoms with Gasteiger partial charge in [-0.3, -0.25) is 9.69 Å². The van der Waals surface area contributed by atoms with Crippen LogP contribution in [0.3, 0.4) is 0 Å². The molecule has 1 aliphatic rings. The molecule has 82 valence electrons.